The van der Waals surface area contributed by atoms with E-state index in [9.17, 15) is 19.5 Å². The molecular weight excluding hydrogens is 382 g/mol. The molecular formula is C23H31N3O4. The lowest BCUT2D eigenvalue weighted by molar-refractivity contribution is -0.144. The first-order valence-electron chi connectivity index (χ1n) is 10.1. The summed E-state index contributed by atoms with van der Waals surface area (Å²) in [6.45, 7) is 8.77. The maximum atomic E-state index is 13.2. The van der Waals surface area contributed by atoms with E-state index in [1.807, 2.05) is 39.8 Å². The van der Waals surface area contributed by atoms with Gasteiger partial charge in [0.1, 0.15) is 12.1 Å². The van der Waals surface area contributed by atoms with Crippen molar-refractivity contribution in [3.05, 3.63) is 35.4 Å². The molecule has 0 aromatic heterocycles. The number of aliphatic hydroxyl groups excluding tert-OH is 1. The average molecular weight is 414 g/mol. The summed E-state index contributed by atoms with van der Waals surface area (Å²) >= 11 is 0. The number of rotatable bonds is 5. The predicted molar refractivity (Wildman–Crippen MR) is 114 cm³/mol. The minimum Gasteiger partial charge on any atom is -0.391 e. The van der Waals surface area contributed by atoms with Gasteiger partial charge in [0.25, 0.3) is 0 Å². The zero-order valence-electron chi connectivity index (χ0n) is 18.2. The molecule has 1 aromatic rings. The zero-order valence-corrected chi connectivity index (χ0v) is 18.2. The second-order valence-electron chi connectivity index (χ2n) is 8.89. The largest absolute Gasteiger partial charge is 0.391 e. The third-order valence-corrected chi connectivity index (χ3v) is 5.26. The van der Waals surface area contributed by atoms with Crippen molar-refractivity contribution < 1.29 is 19.5 Å². The van der Waals surface area contributed by atoms with Crippen LogP contribution in [0.4, 0.5) is 0 Å². The molecule has 2 rings (SSSR count). The first-order valence-corrected chi connectivity index (χ1v) is 10.1. The van der Waals surface area contributed by atoms with E-state index in [4.69, 9.17) is 6.42 Å². The van der Waals surface area contributed by atoms with E-state index in [0.29, 0.717) is 0 Å². The molecule has 1 aromatic carbocycles. The standard InChI is InChI=1S/C23H31N3O4/c1-7-16-8-10-17(11-9-16)14(2)24-21(29)19-12-18(28)13-26(19)22(30)20(23(4,5)6)25-15(3)27/h1,8-11,14,18-20,28H,12-13H2,2-6H3,(H,24,29)(H,25,27). The van der Waals surface area contributed by atoms with Crippen LogP contribution in [0.1, 0.15) is 58.2 Å². The van der Waals surface area contributed by atoms with E-state index < -0.39 is 23.6 Å². The molecule has 1 aliphatic heterocycles. The third-order valence-electron chi connectivity index (χ3n) is 5.26. The summed E-state index contributed by atoms with van der Waals surface area (Å²) in [5.74, 6) is 1.50. The number of hydrogen-bond donors (Lipinski definition) is 3. The van der Waals surface area contributed by atoms with E-state index in [0.717, 1.165) is 11.1 Å². The first kappa shape index (κ1) is 23.4. The lowest BCUT2D eigenvalue weighted by Crippen LogP contribution is -2.57. The van der Waals surface area contributed by atoms with Crippen LogP contribution in [0.25, 0.3) is 0 Å². The van der Waals surface area contributed by atoms with E-state index in [2.05, 4.69) is 16.6 Å². The van der Waals surface area contributed by atoms with E-state index in [1.54, 1.807) is 12.1 Å². The summed E-state index contributed by atoms with van der Waals surface area (Å²) in [7, 11) is 0. The number of aliphatic hydroxyl groups is 1. The van der Waals surface area contributed by atoms with Crippen molar-refractivity contribution in [2.45, 2.75) is 65.3 Å². The van der Waals surface area contributed by atoms with E-state index in [1.165, 1.54) is 11.8 Å². The van der Waals surface area contributed by atoms with Crippen LogP contribution in [0.5, 0.6) is 0 Å². The maximum absolute atomic E-state index is 13.2. The highest BCUT2D eigenvalue weighted by atomic mass is 16.3. The van der Waals surface area contributed by atoms with E-state index in [-0.39, 0.29) is 36.7 Å². The van der Waals surface area contributed by atoms with Crippen LogP contribution in [0.3, 0.4) is 0 Å². The summed E-state index contributed by atoms with van der Waals surface area (Å²) in [4.78, 5) is 39.2. The molecule has 3 N–H and O–H groups in total. The molecule has 162 valence electrons. The number of hydrogen-bond acceptors (Lipinski definition) is 4. The lowest BCUT2D eigenvalue weighted by atomic mass is 9.85. The topological polar surface area (TPSA) is 98.7 Å². The Morgan fingerprint density at radius 2 is 1.80 bits per heavy atom. The van der Waals surface area contributed by atoms with Crippen LogP contribution >= 0.6 is 0 Å². The number of nitrogens with zero attached hydrogens (tertiary/aromatic N) is 1. The molecule has 0 spiro atoms. The molecule has 7 heteroatoms. The number of carbonyl (C=O) groups excluding carboxylic acids is 3. The minimum atomic E-state index is -0.807. The summed E-state index contributed by atoms with van der Waals surface area (Å²) < 4.78 is 0. The average Bonchev–Trinajstić information content (AvgIpc) is 3.06. The number of likely N-dealkylation sites (tertiary alicyclic amines) is 1. The second-order valence-corrected chi connectivity index (χ2v) is 8.89. The number of β-amino-alcohol motifs (C(OH)–C–C–N with tert-alkyl or cyclic N) is 1. The molecule has 0 aliphatic carbocycles. The fourth-order valence-corrected chi connectivity index (χ4v) is 3.58. The quantitative estimate of drug-likeness (QED) is 0.635. The Morgan fingerprint density at radius 3 is 2.30 bits per heavy atom. The van der Waals surface area contributed by atoms with Gasteiger partial charge in [-0.25, -0.2) is 0 Å². The zero-order chi connectivity index (χ0) is 22.6. The van der Waals surface area contributed by atoms with Crippen molar-refractivity contribution in [2.24, 2.45) is 5.41 Å². The van der Waals surface area contributed by atoms with Crippen molar-refractivity contribution in [1.82, 2.24) is 15.5 Å². The van der Waals surface area contributed by atoms with Gasteiger partial charge in [0.05, 0.1) is 12.1 Å². The molecule has 0 bridgehead atoms. The van der Waals surface area contributed by atoms with Crippen LogP contribution in [-0.4, -0.2) is 52.5 Å². The highest BCUT2D eigenvalue weighted by Gasteiger charge is 2.44. The van der Waals surface area contributed by atoms with Gasteiger partial charge in [0, 0.05) is 25.5 Å². The van der Waals surface area contributed by atoms with Gasteiger partial charge in [-0.3, -0.25) is 14.4 Å². The lowest BCUT2D eigenvalue weighted by Gasteiger charge is -2.35. The van der Waals surface area contributed by atoms with Gasteiger partial charge >= 0.3 is 0 Å². The van der Waals surface area contributed by atoms with Gasteiger partial charge in [-0.1, -0.05) is 38.8 Å². The van der Waals surface area contributed by atoms with Crippen molar-refractivity contribution in [3.63, 3.8) is 0 Å². The molecule has 30 heavy (non-hydrogen) atoms. The van der Waals surface area contributed by atoms with Crippen molar-refractivity contribution in [3.8, 4) is 12.3 Å². The Morgan fingerprint density at radius 1 is 1.20 bits per heavy atom. The Hall–Kier alpha value is -2.85. The summed E-state index contributed by atoms with van der Waals surface area (Å²) in [5.41, 5.74) is 1.08. The van der Waals surface area contributed by atoms with Gasteiger partial charge in [-0.2, -0.15) is 0 Å². The molecule has 1 heterocycles. The normalized spacial score (nSPS) is 20.8. The van der Waals surface area contributed by atoms with Crippen molar-refractivity contribution in [1.29, 1.82) is 0 Å². The first-order chi connectivity index (χ1) is 13.9. The fourth-order valence-electron chi connectivity index (χ4n) is 3.58. The molecule has 1 saturated heterocycles. The number of carbonyl (C=O) groups is 3. The molecule has 7 nitrogen and oxygen atoms in total. The van der Waals surface area contributed by atoms with Crippen LogP contribution in [0.2, 0.25) is 0 Å². The SMILES string of the molecule is C#Cc1ccc(C(C)NC(=O)C2CC(O)CN2C(=O)C(NC(C)=O)C(C)(C)C)cc1. The molecule has 0 saturated carbocycles. The second kappa shape index (κ2) is 9.31. The van der Waals surface area contributed by atoms with Crippen molar-refractivity contribution in [2.75, 3.05) is 6.54 Å². The number of benzene rings is 1. The number of terminal acetylenes is 1. The monoisotopic (exact) mass is 413 g/mol. The predicted octanol–water partition coefficient (Wildman–Crippen LogP) is 1.36. The Bertz CT molecular complexity index is 835. The van der Waals surface area contributed by atoms with Gasteiger partial charge in [-0.15, -0.1) is 6.42 Å². The van der Waals surface area contributed by atoms with Crippen molar-refractivity contribution >= 4 is 17.7 Å². The number of amides is 3. The Kier molecular flexibility index (Phi) is 7.27. The summed E-state index contributed by atoms with van der Waals surface area (Å²) in [5, 5.41) is 15.8. The van der Waals surface area contributed by atoms with Gasteiger partial charge < -0.3 is 20.6 Å². The van der Waals surface area contributed by atoms with Gasteiger partial charge in [-0.05, 0) is 30.0 Å². The van der Waals surface area contributed by atoms with Crippen LogP contribution in [0, 0.1) is 17.8 Å². The fraction of sp³-hybridized carbons (Fsp3) is 0.522. The maximum Gasteiger partial charge on any atom is 0.246 e. The van der Waals surface area contributed by atoms with E-state index >= 15 is 0 Å². The molecule has 4 atom stereocenters. The molecule has 4 unspecified atom stereocenters. The third kappa shape index (κ3) is 5.61. The van der Waals surface area contributed by atoms with Crippen LogP contribution in [-0.2, 0) is 14.4 Å². The Balaban J connectivity index is 2.17. The molecule has 1 aliphatic rings. The summed E-state index contributed by atoms with van der Waals surface area (Å²) in [6, 6.07) is 5.39. The summed E-state index contributed by atoms with van der Waals surface area (Å²) in [6.07, 6.45) is 4.73. The molecule has 1 fully saturated rings. The molecule has 0 radical (unpaired) electrons. The van der Waals surface area contributed by atoms with Gasteiger partial charge in [0.15, 0.2) is 0 Å². The number of nitrogens with one attached hydrogen (secondary N) is 2. The highest BCUT2D eigenvalue weighted by molar-refractivity contribution is 5.93. The Labute approximate surface area is 178 Å². The van der Waals surface area contributed by atoms with Crippen LogP contribution in [0.15, 0.2) is 24.3 Å². The highest BCUT2D eigenvalue weighted by Crippen LogP contribution is 2.26. The minimum absolute atomic E-state index is 0.0499. The van der Waals surface area contributed by atoms with Crippen LogP contribution < -0.4 is 10.6 Å². The molecule has 3 amide bonds. The smallest absolute Gasteiger partial charge is 0.246 e. The van der Waals surface area contributed by atoms with Gasteiger partial charge in [0.2, 0.25) is 17.7 Å².